The monoisotopic (exact) mass is 403 g/mol. The van der Waals surface area contributed by atoms with Crippen molar-refractivity contribution in [3.8, 4) is 0 Å². The van der Waals surface area contributed by atoms with Crippen molar-refractivity contribution >= 4 is 27.5 Å². The second-order valence-electron chi connectivity index (χ2n) is 7.32. The number of hydrogen-bond donors (Lipinski definition) is 1. The van der Waals surface area contributed by atoms with E-state index in [4.69, 9.17) is 0 Å². The SMILES string of the molecule is Cc1cc(Br)cc2c1NC(=O)C21CC1(c1ccccc1)c1ccccc1. The van der Waals surface area contributed by atoms with Crippen molar-refractivity contribution in [2.75, 3.05) is 5.32 Å². The van der Waals surface area contributed by atoms with Crippen molar-refractivity contribution in [2.24, 2.45) is 0 Å². The van der Waals surface area contributed by atoms with Gasteiger partial charge in [-0.2, -0.15) is 0 Å². The molecule has 1 saturated carbocycles. The topological polar surface area (TPSA) is 29.1 Å². The number of aryl methyl sites for hydroxylation is 1. The van der Waals surface area contributed by atoms with Gasteiger partial charge in [-0.25, -0.2) is 0 Å². The van der Waals surface area contributed by atoms with Crippen LogP contribution in [0.2, 0.25) is 0 Å². The summed E-state index contributed by atoms with van der Waals surface area (Å²) in [6.45, 7) is 2.05. The third-order valence-corrected chi connectivity index (χ3v) is 6.51. The minimum Gasteiger partial charge on any atom is -0.325 e. The Balaban J connectivity index is 1.81. The van der Waals surface area contributed by atoms with E-state index in [-0.39, 0.29) is 11.3 Å². The second kappa shape index (κ2) is 5.31. The van der Waals surface area contributed by atoms with E-state index in [9.17, 15) is 4.79 Å². The molecule has 1 aliphatic carbocycles. The lowest BCUT2D eigenvalue weighted by Crippen LogP contribution is -2.30. The molecule has 1 heterocycles. The molecule has 1 atom stereocenters. The maximum atomic E-state index is 13.3. The number of anilines is 1. The molecule has 1 aliphatic heterocycles. The molecule has 5 rings (SSSR count). The van der Waals surface area contributed by atoms with E-state index in [0.717, 1.165) is 27.7 Å². The fourth-order valence-corrected chi connectivity index (χ4v) is 5.42. The van der Waals surface area contributed by atoms with Crippen molar-refractivity contribution in [3.05, 3.63) is 99.5 Å². The standard InChI is InChI=1S/C23H18BrNO/c1-15-12-18(24)13-19-20(15)25-21(26)23(19)14-22(23,16-8-4-2-5-9-16)17-10-6-3-7-11-17/h2-13H,14H2,1H3,(H,25,26). The van der Waals surface area contributed by atoms with Gasteiger partial charge in [0.15, 0.2) is 0 Å². The van der Waals surface area contributed by atoms with Crippen LogP contribution in [0, 0.1) is 6.92 Å². The van der Waals surface area contributed by atoms with Crippen LogP contribution in [-0.4, -0.2) is 5.91 Å². The van der Waals surface area contributed by atoms with E-state index in [1.54, 1.807) is 0 Å². The summed E-state index contributed by atoms with van der Waals surface area (Å²) in [6.07, 6.45) is 0.794. The average molecular weight is 404 g/mol. The van der Waals surface area contributed by atoms with Gasteiger partial charge in [-0.05, 0) is 47.7 Å². The summed E-state index contributed by atoms with van der Waals surface area (Å²) in [7, 11) is 0. The first-order chi connectivity index (χ1) is 12.6. The van der Waals surface area contributed by atoms with Crippen LogP contribution in [-0.2, 0) is 15.6 Å². The van der Waals surface area contributed by atoms with Crippen LogP contribution in [0.3, 0.4) is 0 Å². The molecule has 3 aromatic carbocycles. The average Bonchev–Trinajstić information content (AvgIpc) is 3.30. The number of rotatable bonds is 2. The number of hydrogen-bond acceptors (Lipinski definition) is 1. The number of fused-ring (bicyclic) bond motifs is 2. The van der Waals surface area contributed by atoms with Crippen molar-refractivity contribution in [1.82, 2.24) is 0 Å². The Bertz CT molecular complexity index is 989. The Morgan fingerprint density at radius 2 is 1.46 bits per heavy atom. The highest BCUT2D eigenvalue weighted by Crippen LogP contribution is 2.72. The van der Waals surface area contributed by atoms with E-state index in [1.807, 2.05) is 12.1 Å². The minimum atomic E-state index is -0.542. The van der Waals surface area contributed by atoms with Gasteiger partial charge >= 0.3 is 0 Å². The molecule has 1 fully saturated rings. The molecule has 0 bridgehead atoms. The van der Waals surface area contributed by atoms with E-state index >= 15 is 0 Å². The van der Waals surface area contributed by atoms with Gasteiger partial charge in [0.05, 0.1) is 5.41 Å². The second-order valence-corrected chi connectivity index (χ2v) is 8.23. The normalized spacial score (nSPS) is 22.2. The molecule has 0 saturated heterocycles. The van der Waals surface area contributed by atoms with Crippen molar-refractivity contribution < 1.29 is 4.79 Å². The minimum absolute atomic E-state index is 0.112. The summed E-state index contributed by atoms with van der Waals surface area (Å²) in [5.74, 6) is 0.112. The van der Waals surface area contributed by atoms with E-state index in [0.29, 0.717) is 0 Å². The van der Waals surface area contributed by atoms with Gasteiger partial charge in [-0.3, -0.25) is 4.79 Å². The van der Waals surface area contributed by atoms with E-state index in [1.165, 1.54) is 11.1 Å². The maximum absolute atomic E-state index is 13.3. The number of nitrogens with one attached hydrogen (secondary N) is 1. The summed E-state index contributed by atoms with van der Waals surface area (Å²) in [6, 6.07) is 25.1. The van der Waals surface area contributed by atoms with Crippen LogP contribution in [0.25, 0.3) is 0 Å². The highest BCUT2D eigenvalue weighted by Gasteiger charge is 2.76. The molecule has 1 spiro atoms. The van der Waals surface area contributed by atoms with Crippen LogP contribution in [0.5, 0.6) is 0 Å². The quantitative estimate of drug-likeness (QED) is 0.614. The summed E-state index contributed by atoms with van der Waals surface area (Å²) in [5, 5.41) is 3.18. The van der Waals surface area contributed by atoms with Crippen LogP contribution < -0.4 is 5.32 Å². The van der Waals surface area contributed by atoms with E-state index in [2.05, 4.69) is 88.8 Å². The third-order valence-electron chi connectivity index (χ3n) is 6.05. The maximum Gasteiger partial charge on any atom is 0.236 e. The first kappa shape index (κ1) is 15.8. The number of carbonyl (C=O) groups is 1. The number of carbonyl (C=O) groups excluding carboxylic acids is 1. The lowest BCUT2D eigenvalue weighted by Gasteiger charge is -2.23. The highest BCUT2D eigenvalue weighted by atomic mass is 79.9. The summed E-state index contributed by atoms with van der Waals surface area (Å²) in [5.41, 5.74) is 4.73. The fraction of sp³-hybridized carbons (Fsp3) is 0.174. The van der Waals surface area contributed by atoms with Crippen LogP contribution in [0.15, 0.2) is 77.3 Å². The summed E-state index contributed by atoms with van der Waals surface area (Å²) >= 11 is 3.63. The molecule has 26 heavy (non-hydrogen) atoms. The zero-order valence-corrected chi connectivity index (χ0v) is 16.0. The van der Waals surface area contributed by atoms with Crippen LogP contribution in [0.4, 0.5) is 5.69 Å². The number of amides is 1. The number of benzene rings is 3. The van der Waals surface area contributed by atoms with Crippen LogP contribution >= 0.6 is 15.9 Å². The lowest BCUT2D eigenvalue weighted by atomic mass is 9.77. The van der Waals surface area contributed by atoms with Gasteiger partial charge in [0.2, 0.25) is 5.91 Å². The lowest BCUT2D eigenvalue weighted by molar-refractivity contribution is -0.118. The summed E-state index contributed by atoms with van der Waals surface area (Å²) in [4.78, 5) is 13.3. The zero-order chi connectivity index (χ0) is 17.9. The van der Waals surface area contributed by atoms with Gasteiger partial charge in [0.25, 0.3) is 0 Å². The molecular weight excluding hydrogens is 386 g/mol. The Labute approximate surface area is 161 Å². The predicted molar refractivity (Wildman–Crippen MR) is 107 cm³/mol. The molecule has 3 aromatic rings. The van der Waals surface area contributed by atoms with Gasteiger partial charge in [0, 0.05) is 15.6 Å². The van der Waals surface area contributed by atoms with Crippen molar-refractivity contribution in [3.63, 3.8) is 0 Å². The molecule has 1 amide bonds. The van der Waals surface area contributed by atoms with Gasteiger partial charge in [0.1, 0.15) is 0 Å². The predicted octanol–water partition coefficient (Wildman–Crippen LogP) is 5.34. The Morgan fingerprint density at radius 1 is 0.885 bits per heavy atom. The Hall–Kier alpha value is -2.39. The molecule has 128 valence electrons. The van der Waals surface area contributed by atoms with Crippen LogP contribution in [0.1, 0.15) is 28.7 Å². The third kappa shape index (κ3) is 1.84. The molecule has 2 nitrogen and oxygen atoms in total. The van der Waals surface area contributed by atoms with Crippen molar-refractivity contribution in [1.29, 1.82) is 0 Å². The van der Waals surface area contributed by atoms with E-state index < -0.39 is 5.41 Å². The first-order valence-electron chi connectivity index (χ1n) is 8.83. The number of halogens is 1. The molecular formula is C23H18BrNO. The molecule has 3 heteroatoms. The Kier molecular flexibility index (Phi) is 3.23. The fourth-order valence-electron chi connectivity index (χ4n) is 4.85. The smallest absolute Gasteiger partial charge is 0.236 e. The zero-order valence-electron chi connectivity index (χ0n) is 14.4. The van der Waals surface area contributed by atoms with Gasteiger partial charge in [-0.15, -0.1) is 0 Å². The molecule has 1 unspecified atom stereocenters. The molecule has 0 aromatic heterocycles. The highest BCUT2D eigenvalue weighted by molar-refractivity contribution is 9.10. The summed E-state index contributed by atoms with van der Waals surface area (Å²) < 4.78 is 1.02. The van der Waals surface area contributed by atoms with Gasteiger partial charge in [-0.1, -0.05) is 76.6 Å². The Morgan fingerprint density at radius 3 is 2.04 bits per heavy atom. The molecule has 1 N–H and O–H groups in total. The first-order valence-corrected chi connectivity index (χ1v) is 9.62. The largest absolute Gasteiger partial charge is 0.325 e. The van der Waals surface area contributed by atoms with Crippen molar-refractivity contribution in [2.45, 2.75) is 24.2 Å². The van der Waals surface area contributed by atoms with Gasteiger partial charge < -0.3 is 5.32 Å². The molecule has 0 radical (unpaired) electrons. The molecule has 2 aliphatic rings.